The van der Waals surface area contributed by atoms with Crippen molar-refractivity contribution < 1.29 is 32.2 Å². The first-order valence-electron chi connectivity index (χ1n) is 8.22. The van der Waals surface area contributed by atoms with Crippen molar-refractivity contribution in [3.63, 3.8) is 0 Å². The number of methoxy groups -OCH3 is 2. The highest BCUT2D eigenvalue weighted by Gasteiger charge is 2.38. The molecule has 1 aliphatic carbocycles. The van der Waals surface area contributed by atoms with Gasteiger partial charge < -0.3 is 18.9 Å². The Hall–Kier alpha value is -2.04. The number of anilines is 1. The quantitative estimate of drug-likeness (QED) is 0.689. The Balaban J connectivity index is 2.08. The minimum Gasteiger partial charge on any atom is -0.493 e. The normalized spacial score (nSPS) is 19.9. The van der Waals surface area contributed by atoms with Crippen LogP contribution in [0.25, 0.3) is 0 Å². The number of nitrogens with zero attached hydrogens (tertiary/aromatic N) is 1. The van der Waals surface area contributed by atoms with E-state index in [0.29, 0.717) is 44.0 Å². The smallest absolute Gasteiger partial charge is 0.340 e. The molecule has 2 fully saturated rings. The third-order valence-corrected chi connectivity index (χ3v) is 5.30. The van der Waals surface area contributed by atoms with Crippen LogP contribution in [0.5, 0.6) is 11.5 Å². The van der Waals surface area contributed by atoms with Crippen molar-refractivity contribution in [2.45, 2.75) is 31.4 Å². The van der Waals surface area contributed by atoms with E-state index in [1.807, 2.05) is 0 Å². The largest absolute Gasteiger partial charge is 0.493 e. The van der Waals surface area contributed by atoms with Gasteiger partial charge in [0, 0.05) is 24.6 Å². The van der Waals surface area contributed by atoms with Gasteiger partial charge in [-0.05, 0) is 12.8 Å². The molecule has 0 aromatic heterocycles. The highest BCUT2D eigenvalue weighted by Crippen LogP contribution is 2.41. The van der Waals surface area contributed by atoms with E-state index in [9.17, 15) is 13.2 Å². The zero-order valence-electron chi connectivity index (χ0n) is 14.6. The van der Waals surface area contributed by atoms with Gasteiger partial charge in [-0.3, -0.25) is 4.31 Å². The summed E-state index contributed by atoms with van der Waals surface area (Å²) in [4.78, 5) is 12.3. The van der Waals surface area contributed by atoms with Crippen molar-refractivity contribution in [1.29, 1.82) is 0 Å². The Kier molecular flexibility index (Phi) is 5.26. The molecule has 0 spiro atoms. The van der Waals surface area contributed by atoms with Crippen LogP contribution in [0.15, 0.2) is 12.1 Å². The first-order valence-corrected chi connectivity index (χ1v) is 9.72. The second kappa shape index (κ2) is 7.29. The zero-order chi connectivity index (χ0) is 18.9. The number of nitrogens with two attached hydrogens (primary N) is 1. The second-order valence-corrected chi connectivity index (χ2v) is 7.61. The molecule has 10 heteroatoms. The van der Waals surface area contributed by atoms with E-state index in [-0.39, 0.29) is 23.4 Å². The van der Waals surface area contributed by atoms with Crippen LogP contribution in [0.1, 0.15) is 29.6 Å². The molecular formula is C16H22N2O7S. The van der Waals surface area contributed by atoms with Crippen molar-refractivity contribution in [3.05, 3.63) is 17.7 Å². The summed E-state index contributed by atoms with van der Waals surface area (Å²) >= 11 is 0. The van der Waals surface area contributed by atoms with Gasteiger partial charge in [0.25, 0.3) is 10.2 Å². The van der Waals surface area contributed by atoms with Gasteiger partial charge in [-0.1, -0.05) is 0 Å². The Labute approximate surface area is 152 Å². The summed E-state index contributed by atoms with van der Waals surface area (Å²) in [6, 6.07) is 2.59. The second-order valence-electron chi connectivity index (χ2n) is 6.19. The number of benzene rings is 1. The minimum absolute atomic E-state index is 0.0446. The molecule has 9 nitrogen and oxygen atoms in total. The number of esters is 1. The molecule has 0 unspecified atom stereocenters. The van der Waals surface area contributed by atoms with Crippen molar-refractivity contribution in [3.8, 4) is 11.5 Å². The monoisotopic (exact) mass is 386 g/mol. The first-order chi connectivity index (χ1) is 12.3. The standard InChI is InChI=1S/C16H22N2O7S/c1-22-14-8-13(18(10-3-4-10)26(17,20)21)12(16(19)23-2)7-15(14)25-11-5-6-24-9-11/h7-8,10-11H,3-6,9H2,1-2H3,(H2,17,20,21)/t11-/m0/s1. The molecule has 3 rings (SSSR count). The average Bonchev–Trinajstić information content (AvgIpc) is 3.28. The molecule has 1 aliphatic heterocycles. The van der Waals surface area contributed by atoms with Crippen molar-refractivity contribution in [1.82, 2.24) is 0 Å². The lowest BCUT2D eigenvalue weighted by Crippen LogP contribution is -2.39. The van der Waals surface area contributed by atoms with Gasteiger partial charge in [-0.15, -0.1) is 0 Å². The van der Waals surface area contributed by atoms with Gasteiger partial charge in [0.1, 0.15) is 6.10 Å². The summed E-state index contributed by atoms with van der Waals surface area (Å²) in [5, 5.41) is 5.38. The van der Waals surface area contributed by atoms with Crippen LogP contribution in [0.2, 0.25) is 0 Å². The van der Waals surface area contributed by atoms with Gasteiger partial charge in [-0.2, -0.15) is 8.42 Å². The Morgan fingerprint density at radius 1 is 1.23 bits per heavy atom. The van der Waals surface area contributed by atoms with E-state index in [0.717, 1.165) is 4.31 Å². The van der Waals surface area contributed by atoms with Gasteiger partial charge in [0.05, 0.1) is 38.7 Å². The van der Waals surface area contributed by atoms with Crippen LogP contribution in [-0.4, -0.2) is 54.0 Å². The lowest BCUT2D eigenvalue weighted by Gasteiger charge is -2.25. The van der Waals surface area contributed by atoms with E-state index in [1.54, 1.807) is 0 Å². The lowest BCUT2D eigenvalue weighted by molar-refractivity contribution is 0.0600. The molecule has 0 amide bonds. The van der Waals surface area contributed by atoms with Crippen LogP contribution >= 0.6 is 0 Å². The molecule has 1 aromatic carbocycles. The SMILES string of the molecule is COC(=O)c1cc(O[C@H]2CCOC2)c(OC)cc1N(C1CC1)S(N)(=O)=O. The van der Waals surface area contributed by atoms with Crippen molar-refractivity contribution >= 4 is 21.9 Å². The molecule has 1 atom stereocenters. The summed E-state index contributed by atoms with van der Waals surface area (Å²) in [6.07, 6.45) is 1.87. The summed E-state index contributed by atoms with van der Waals surface area (Å²) < 4.78 is 46.6. The predicted molar refractivity (Wildman–Crippen MR) is 92.8 cm³/mol. The number of carbonyl (C=O) groups is 1. The maximum Gasteiger partial charge on any atom is 0.340 e. The van der Waals surface area contributed by atoms with Crippen LogP contribution < -0.4 is 18.9 Å². The predicted octanol–water partition coefficient (Wildman–Crippen LogP) is 0.822. The molecule has 0 bridgehead atoms. The van der Waals surface area contributed by atoms with Crippen molar-refractivity contribution in [2.75, 3.05) is 31.7 Å². The Bertz CT molecular complexity index is 786. The Morgan fingerprint density at radius 2 is 1.96 bits per heavy atom. The van der Waals surface area contributed by atoms with Crippen LogP contribution in [-0.2, 0) is 19.7 Å². The topological polar surface area (TPSA) is 117 Å². The first kappa shape index (κ1) is 18.7. The molecule has 2 N–H and O–H groups in total. The minimum atomic E-state index is -4.07. The highest BCUT2D eigenvalue weighted by atomic mass is 32.2. The third kappa shape index (κ3) is 3.87. The lowest BCUT2D eigenvalue weighted by atomic mass is 10.1. The molecule has 1 aromatic rings. The zero-order valence-corrected chi connectivity index (χ0v) is 15.5. The summed E-state index contributed by atoms with van der Waals surface area (Å²) in [6.45, 7) is 1.03. The summed E-state index contributed by atoms with van der Waals surface area (Å²) in [5.41, 5.74) is 0.164. The van der Waals surface area contributed by atoms with Crippen LogP contribution in [0.4, 0.5) is 5.69 Å². The fraction of sp³-hybridized carbons (Fsp3) is 0.562. The number of rotatable bonds is 7. The highest BCUT2D eigenvalue weighted by molar-refractivity contribution is 7.90. The molecular weight excluding hydrogens is 364 g/mol. The molecule has 1 saturated carbocycles. The molecule has 26 heavy (non-hydrogen) atoms. The third-order valence-electron chi connectivity index (χ3n) is 4.26. The Morgan fingerprint density at radius 3 is 2.46 bits per heavy atom. The van der Waals surface area contributed by atoms with E-state index in [4.69, 9.17) is 24.1 Å². The maximum atomic E-state index is 12.3. The fourth-order valence-corrected chi connectivity index (χ4v) is 3.94. The summed E-state index contributed by atoms with van der Waals surface area (Å²) in [7, 11) is -1.41. The number of hydrogen-bond acceptors (Lipinski definition) is 7. The number of carbonyl (C=O) groups excluding carboxylic acids is 1. The van der Waals surface area contributed by atoms with Gasteiger partial charge >= 0.3 is 5.97 Å². The molecule has 144 valence electrons. The van der Waals surface area contributed by atoms with Crippen molar-refractivity contribution in [2.24, 2.45) is 5.14 Å². The van der Waals surface area contributed by atoms with E-state index in [2.05, 4.69) is 0 Å². The van der Waals surface area contributed by atoms with Crippen LogP contribution in [0, 0.1) is 0 Å². The van der Waals surface area contributed by atoms with E-state index in [1.165, 1.54) is 26.4 Å². The van der Waals surface area contributed by atoms with Crippen LogP contribution in [0.3, 0.4) is 0 Å². The van der Waals surface area contributed by atoms with E-state index < -0.39 is 16.2 Å². The van der Waals surface area contributed by atoms with Gasteiger partial charge in [0.15, 0.2) is 11.5 Å². The maximum absolute atomic E-state index is 12.3. The molecule has 2 aliphatic rings. The fourth-order valence-electron chi connectivity index (χ4n) is 2.89. The van der Waals surface area contributed by atoms with E-state index >= 15 is 0 Å². The molecule has 1 heterocycles. The van der Waals surface area contributed by atoms with Gasteiger partial charge in [-0.25, -0.2) is 9.93 Å². The summed E-state index contributed by atoms with van der Waals surface area (Å²) in [5.74, 6) is -0.0735. The average molecular weight is 386 g/mol. The number of ether oxygens (including phenoxy) is 4. The van der Waals surface area contributed by atoms with Gasteiger partial charge in [0.2, 0.25) is 0 Å². The molecule has 0 radical (unpaired) electrons. The molecule has 1 saturated heterocycles. The number of hydrogen-bond donors (Lipinski definition) is 1.